The topological polar surface area (TPSA) is 127 Å². The summed E-state index contributed by atoms with van der Waals surface area (Å²) in [5, 5.41) is 16.3. The molecule has 2 bridgehead atoms. The number of esters is 1. The van der Waals surface area contributed by atoms with E-state index in [1.807, 2.05) is 30.3 Å². The summed E-state index contributed by atoms with van der Waals surface area (Å²) in [5.74, 6) is 0.451. The predicted octanol–water partition coefficient (Wildman–Crippen LogP) is 5.70. The first-order chi connectivity index (χ1) is 22.7. The van der Waals surface area contributed by atoms with Crippen LogP contribution < -0.4 is 20.1 Å². The molecule has 0 saturated heterocycles. The number of ether oxygens (including phenoxy) is 3. The normalized spacial score (nSPS) is 31.0. The molecule has 0 radical (unpaired) electrons. The molecular formula is C38H45N3O6. The van der Waals surface area contributed by atoms with Crippen LogP contribution in [0.5, 0.6) is 11.5 Å². The Hall–Kier alpha value is -4.06. The van der Waals surface area contributed by atoms with Gasteiger partial charge in [-0.25, -0.2) is 0 Å². The Labute approximate surface area is 276 Å². The van der Waals surface area contributed by atoms with Crippen LogP contribution in [0.3, 0.4) is 0 Å². The van der Waals surface area contributed by atoms with Gasteiger partial charge in [0.1, 0.15) is 24.2 Å². The summed E-state index contributed by atoms with van der Waals surface area (Å²) in [6, 6.07) is 14.8. The Balaban J connectivity index is 0.966. The number of methoxy groups -OCH3 is 1. The van der Waals surface area contributed by atoms with Crippen LogP contribution in [0, 0.1) is 45.8 Å². The zero-order valence-electron chi connectivity index (χ0n) is 27.4. The van der Waals surface area contributed by atoms with Crippen molar-refractivity contribution in [2.24, 2.45) is 34.5 Å². The third kappa shape index (κ3) is 6.19. The molecule has 0 aromatic heterocycles. The third-order valence-corrected chi connectivity index (χ3v) is 12.0. The summed E-state index contributed by atoms with van der Waals surface area (Å²) in [6.07, 6.45) is 9.48. The second-order valence-electron chi connectivity index (χ2n) is 15.2. The largest absolute Gasteiger partial charge is 0.496 e. The van der Waals surface area contributed by atoms with E-state index < -0.39 is 0 Å². The molecule has 2 aromatic carbocycles. The van der Waals surface area contributed by atoms with E-state index in [4.69, 9.17) is 14.2 Å². The van der Waals surface area contributed by atoms with Gasteiger partial charge >= 0.3 is 5.97 Å². The molecule has 4 atom stereocenters. The predicted molar refractivity (Wildman–Crippen MR) is 173 cm³/mol. The number of benzene rings is 2. The molecule has 5 fully saturated rings. The van der Waals surface area contributed by atoms with Crippen LogP contribution in [0.25, 0.3) is 0 Å². The number of nitrogens with zero attached hydrogens (tertiary/aromatic N) is 1. The van der Waals surface area contributed by atoms with Crippen molar-refractivity contribution in [2.45, 2.75) is 89.9 Å². The van der Waals surface area contributed by atoms with Crippen LogP contribution in [-0.2, 0) is 20.9 Å². The van der Waals surface area contributed by atoms with Gasteiger partial charge in [0.05, 0.1) is 36.2 Å². The highest BCUT2D eigenvalue weighted by Gasteiger charge is 2.56. The Kier molecular flexibility index (Phi) is 8.40. The first-order valence-corrected chi connectivity index (χ1v) is 17.3. The Morgan fingerprint density at radius 3 is 2.43 bits per heavy atom. The smallest absolute Gasteiger partial charge is 0.309 e. The maximum atomic E-state index is 13.8. The van der Waals surface area contributed by atoms with Gasteiger partial charge in [-0.3, -0.25) is 14.4 Å². The molecule has 9 heteroatoms. The zero-order valence-corrected chi connectivity index (χ0v) is 27.4. The van der Waals surface area contributed by atoms with Crippen LogP contribution in [0.15, 0.2) is 42.5 Å². The lowest BCUT2D eigenvalue weighted by atomic mass is 9.50. The van der Waals surface area contributed by atoms with E-state index in [1.54, 1.807) is 12.1 Å². The number of fused-ring (bicyclic) bond motifs is 2. The lowest BCUT2D eigenvalue weighted by molar-refractivity contribution is -0.169. The lowest BCUT2D eigenvalue weighted by Crippen LogP contribution is -2.54. The lowest BCUT2D eigenvalue weighted by Gasteiger charge is -2.56. The SMILES string of the molecule is COc1cc(C#N)c(O[C@H]2CC3(C2)C[C@H](C(=O)OCc2ccccc2)C3)cc1C(=O)N[C@@H]1[C@H]2CC[C@H](C2)[C@@H]1C(=O)NCC1(C)CCC1. The Bertz CT molecular complexity index is 1570. The molecule has 1 spiro atoms. The molecule has 9 nitrogen and oxygen atoms in total. The van der Waals surface area contributed by atoms with Gasteiger partial charge in [0.2, 0.25) is 5.91 Å². The van der Waals surface area contributed by atoms with Gasteiger partial charge < -0.3 is 24.8 Å². The molecule has 248 valence electrons. The number of rotatable bonds is 11. The molecule has 5 saturated carbocycles. The van der Waals surface area contributed by atoms with E-state index in [2.05, 4.69) is 23.6 Å². The van der Waals surface area contributed by atoms with Gasteiger partial charge in [-0.05, 0) is 92.1 Å². The van der Waals surface area contributed by atoms with Crippen LogP contribution in [0.2, 0.25) is 0 Å². The van der Waals surface area contributed by atoms with Crippen molar-refractivity contribution in [1.82, 2.24) is 10.6 Å². The molecule has 0 aliphatic heterocycles. The van der Waals surface area contributed by atoms with Crippen LogP contribution in [0.1, 0.15) is 92.6 Å². The van der Waals surface area contributed by atoms with E-state index in [0.717, 1.165) is 63.4 Å². The fourth-order valence-corrected chi connectivity index (χ4v) is 9.07. The molecular weight excluding hydrogens is 594 g/mol. The number of carbonyl (C=O) groups is 3. The molecule has 5 aliphatic rings. The van der Waals surface area contributed by atoms with Crippen molar-refractivity contribution in [1.29, 1.82) is 5.26 Å². The van der Waals surface area contributed by atoms with E-state index in [9.17, 15) is 19.6 Å². The van der Waals surface area contributed by atoms with Gasteiger partial charge in [0.25, 0.3) is 5.91 Å². The maximum absolute atomic E-state index is 13.8. The number of amides is 2. The Morgan fingerprint density at radius 1 is 1.00 bits per heavy atom. The molecule has 0 heterocycles. The molecule has 7 rings (SSSR count). The van der Waals surface area contributed by atoms with Gasteiger partial charge in [-0.2, -0.15) is 5.26 Å². The van der Waals surface area contributed by atoms with Crippen molar-refractivity contribution in [3.63, 3.8) is 0 Å². The molecule has 2 N–H and O–H groups in total. The summed E-state index contributed by atoms with van der Waals surface area (Å²) >= 11 is 0. The first kappa shape index (κ1) is 31.5. The summed E-state index contributed by atoms with van der Waals surface area (Å²) < 4.78 is 17.4. The molecule has 2 amide bonds. The molecule has 47 heavy (non-hydrogen) atoms. The van der Waals surface area contributed by atoms with Crippen molar-refractivity contribution < 1.29 is 28.6 Å². The summed E-state index contributed by atoms with van der Waals surface area (Å²) in [5.41, 5.74) is 1.82. The van der Waals surface area contributed by atoms with Gasteiger partial charge in [0, 0.05) is 18.7 Å². The summed E-state index contributed by atoms with van der Waals surface area (Å²) in [7, 11) is 1.48. The number of nitrogens with one attached hydrogen (secondary N) is 2. The minimum absolute atomic E-state index is 0.0491. The number of nitriles is 1. The third-order valence-electron chi connectivity index (χ3n) is 12.0. The average molecular weight is 640 g/mol. The highest BCUT2D eigenvalue weighted by Crippen LogP contribution is 2.60. The van der Waals surface area contributed by atoms with Crippen molar-refractivity contribution >= 4 is 17.8 Å². The monoisotopic (exact) mass is 639 g/mol. The van der Waals surface area contributed by atoms with Crippen LogP contribution in [0.4, 0.5) is 0 Å². The Morgan fingerprint density at radius 2 is 1.74 bits per heavy atom. The van der Waals surface area contributed by atoms with Gasteiger partial charge in [-0.15, -0.1) is 0 Å². The van der Waals surface area contributed by atoms with Gasteiger partial charge in [-0.1, -0.05) is 43.7 Å². The minimum Gasteiger partial charge on any atom is -0.496 e. The van der Waals surface area contributed by atoms with E-state index in [-0.39, 0.29) is 71.0 Å². The van der Waals surface area contributed by atoms with Gasteiger partial charge in [0.15, 0.2) is 0 Å². The van der Waals surface area contributed by atoms with Crippen molar-refractivity contribution in [3.05, 3.63) is 59.2 Å². The highest BCUT2D eigenvalue weighted by molar-refractivity contribution is 5.98. The van der Waals surface area contributed by atoms with Crippen LogP contribution in [-0.4, -0.2) is 43.6 Å². The van der Waals surface area contributed by atoms with E-state index in [1.165, 1.54) is 13.5 Å². The molecule has 2 aromatic rings. The highest BCUT2D eigenvalue weighted by atomic mass is 16.5. The quantitative estimate of drug-likeness (QED) is 0.302. The van der Waals surface area contributed by atoms with Crippen LogP contribution >= 0.6 is 0 Å². The average Bonchev–Trinajstić information content (AvgIpc) is 3.64. The standard InChI is InChI=1S/C38H45N3O6/c1-37(11-6-12-37)22-40-35(43)32-24-9-10-25(13-24)33(32)41-34(42)29-15-30(26(20-39)14-31(29)45-2)47-28-18-38(19-28)16-27(17-38)36(44)46-21-23-7-4-3-5-8-23/h3-5,7-8,14-15,24-25,27-28,32-33H,6,9-13,16-19,21-22H2,1-2H3,(H,40,43)(H,41,42)/t24-,25+,27-,28-,32+,33-,38?/m1/s1. The molecule has 5 aliphatic carbocycles. The van der Waals surface area contributed by atoms with E-state index in [0.29, 0.717) is 29.2 Å². The fraction of sp³-hybridized carbons (Fsp3) is 0.579. The number of hydrogen-bond acceptors (Lipinski definition) is 7. The minimum atomic E-state index is -0.321. The zero-order chi connectivity index (χ0) is 32.8. The van der Waals surface area contributed by atoms with Crippen molar-refractivity contribution in [3.8, 4) is 17.6 Å². The maximum Gasteiger partial charge on any atom is 0.309 e. The second kappa shape index (κ2) is 12.5. The van der Waals surface area contributed by atoms with E-state index >= 15 is 0 Å². The summed E-state index contributed by atoms with van der Waals surface area (Å²) in [4.78, 5) is 39.8. The molecule has 0 unspecified atom stereocenters. The number of carbonyl (C=O) groups excluding carboxylic acids is 3. The fourth-order valence-electron chi connectivity index (χ4n) is 9.07. The summed E-state index contributed by atoms with van der Waals surface area (Å²) in [6.45, 7) is 3.20. The first-order valence-electron chi connectivity index (χ1n) is 17.3. The van der Waals surface area contributed by atoms with Crippen molar-refractivity contribution in [2.75, 3.05) is 13.7 Å². The second-order valence-corrected chi connectivity index (χ2v) is 15.2. The number of hydrogen-bond donors (Lipinski definition) is 2.